The van der Waals surface area contributed by atoms with Crippen molar-refractivity contribution < 1.29 is 22.8 Å². The van der Waals surface area contributed by atoms with Crippen LogP contribution in [0, 0.1) is 83.1 Å². The van der Waals surface area contributed by atoms with Gasteiger partial charge in [0.1, 0.15) is 0 Å². The van der Waals surface area contributed by atoms with E-state index >= 15 is 0 Å². The van der Waals surface area contributed by atoms with Gasteiger partial charge in [-0.05, 0) is 83.1 Å². The summed E-state index contributed by atoms with van der Waals surface area (Å²) >= 11 is 0. The Bertz CT molecular complexity index is 3580. The van der Waals surface area contributed by atoms with Gasteiger partial charge in [0.2, 0.25) is 0 Å². The normalized spacial score (nSPS) is 11.2. The maximum absolute atomic E-state index is 4.52. The Kier molecular flexibility index (Phi) is 16.8. The molecule has 0 aliphatic heterocycles. The molecule has 0 fully saturated rings. The van der Waals surface area contributed by atoms with E-state index in [-0.39, 0.29) is 0 Å². The molecular weight excluding hydrogens is 895 g/mol. The van der Waals surface area contributed by atoms with Crippen molar-refractivity contribution in [3.8, 4) is 0 Å². The van der Waals surface area contributed by atoms with E-state index in [0.29, 0.717) is 0 Å². The molecule has 10 rings (SSSR count). The number of imidazole rings is 5. The Balaban J connectivity index is 0.000000147. The van der Waals surface area contributed by atoms with E-state index in [0.717, 1.165) is 61.2 Å². The largest absolute Gasteiger partial charge is 0.260 e. The van der Waals surface area contributed by atoms with E-state index in [2.05, 4.69) is 235 Å². The molecule has 0 aromatic carbocycles. The number of fused-ring (bicyclic) bond motifs is 5. The van der Waals surface area contributed by atoms with Crippen LogP contribution in [0.15, 0.2) is 49.2 Å². The van der Waals surface area contributed by atoms with E-state index in [1.54, 1.807) is 0 Å². The Labute approximate surface area is 427 Å². The summed E-state index contributed by atoms with van der Waals surface area (Å²) in [7, 11) is 10.5. The minimum atomic E-state index is 1.01. The Morgan fingerprint density at radius 1 is 0.444 bits per heavy atom. The number of nitrogens with zero attached hydrogens (tertiary/aromatic N) is 15. The summed E-state index contributed by atoms with van der Waals surface area (Å²) in [6.45, 7) is 41.2. The number of aryl methyl sites for hydroxylation is 17. The molecule has 0 aliphatic carbocycles. The summed E-state index contributed by atoms with van der Waals surface area (Å²) in [4.78, 5) is 21.8. The third-order valence-electron chi connectivity index (χ3n) is 14.9. The minimum absolute atomic E-state index is 1.01. The maximum atomic E-state index is 4.52. The van der Waals surface area contributed by atoms with Gasteiger partial charge in [-0.1, -0.05) is 0 Å². The molecular formula is C57H84N15+5. The number of aromatic nitrogens is 15. The predicted molar refractivity (Wildman–Crippen MR) is 290 cm³/mol. The quantitative estimate of drug-likeness (QED) is 0.162. The highest BCUT2D eigenvalue weighted by atomic mass is 15.2. The zero-order valence-corrected chi connectivity index (χ0v) is 47.9. The van der Waals surface area contributed by atoms with Crippen LogP contribution in [0.4, 0.5) is 0 Å². The molecule has 0 spiro atoms. The lowest BCUT2D eigenvalue weighted by molar-refractivity contribution is -0.675. The van der Waals surface area contributed by atoms with Gasteiger partial charge in [0.15, 0.2) is 55.2 Å². The van der Waals surface area contributed by atoms with Gasteiger partial charge in [-0.3, -0.25) is 24.9 Å². The fourth-order valence-electron chi connectivity index (χ4n) is 10.7. The zero-order valence-electron chi connectivity index (χ0n) is 47.9. The van der Waals surface area contributed by atoms with Crippen LogP contribution in [0.1, 0.15) is 103 Å². The van der Waals surface area contributed by atoms with Gasteiger partial charge in [-0.25, -0.2) is 45.7 Å². The molecule has 10 heterocycles. The molecule has 15 heteroatoms. The van der Waals surface area contributed by atoms with Crippen molar-refractivity contribution in [2.45, 2.75) is 150 Å². The molecule has 0 bridgehead atoms. The van der Waals surface area contributed by atoms with Crippen molar-refractivity contribution in [3.05, 3.63) is 118 Å². The molecule has 0 atom stereocenters. The molecule has 10 aromatic rings. The topological polar surface area (TPSA) is 108 Å². The number of hydrogen-bond acceptors (Lipinski definition) is 5. The summed E-state index contributed by atoms with van der Waals surface area (Å²) in [6.07, 6.45) is 9.64. The van der Waals surface area contributed by atoms with E-state index in [1.165, 1.54) is 95.4 Å². The van der Waals surface area contributed by atoms with Crippen molar-refractivity contribution in [2.75, 3.05) is 0 Å². The van der Waals surface area contributed by atoms with Gasteiger partial charge in [0.25, 0.3) is 29.1 Å². The third kappa shape index (κ3) is 9.86. The van der Waals surface area contributed by atoms with Crippen LogP contribution in [0.25, 0.3) is 55.2 Å². The first-order chi connectivity index (χ1) is 34.1. The SMILES string of the molecule is CC[n+]1c(C)n(C)c2cnc(C)cc21.CC[n+]1c(C)n(C)c2cncc(C)c21.CCn1c(C)[n+](C)c2c(C)nc(C)cc21.CCn1c(C)[n+](C)c2c(C)ncc(C)c21.CCn1c(C)[n+](C)c2c(C)nccc21. The first-order valence-corrected chi connectivity index (χ1v) is 25.7. The van der Waals surface area contributed by atoms with E-state index in [1.807, 2.05) is 37.9 Å². The summed E-state index contributed by atoms with van der Waals surface area (Å²) in [5.41, 5.74) is 20.6. The molecule has 0 saturated heterocycles. The highest BCUT2D eigenvalue weighted by Gasteiger charge is 2.24. The molecule has 0 aliphatic rings. The Hall–Kier alpha value is -6.90. The number of hydrogen-bond donors (Lipinski definition) is 0. The standard InChI is InChI=1S/2C12H18N3.3C11H16N3/c1-6-15-10(4)14(5)12-9(3)13-7-8(2)11(12)15;1-6-15-10(4)14(5)12-9(3)13-8(2)7-11(12)15;1-5-14-9(3)13(4)10-7-12-6-8(2)11(10)14;1-5-14-9(3)13(4)11-7-12-8(2)6-10(11)14;1-5-14-9(3)13(4)11-8(2)12-7-6-10(11)14/h2*7H,6H2,1-5H3;3*6-7H,5H2,1-4H3/q5*+1. The second-order valence-corrected chi connectivity index (χ2v) is 19.1. The first-order valence-electron chi connectivity index (χ1n) is 25.7. The summed E-state index contributed by atoms with van der Waals surface area (Å²) in [6, 6.07) is 6.39. The van der Waals surface area contributed by atoms with Gasteiger partial charge in [0.05, 0.1) is 97.4 Å². The van der Waals surface area contributed by atoms with E-state index in [9.17, 15) is 0 Å². The number of rotatable bonds is 5. The van der Waals surface area contributed by atoms with Crippen LogP contribution in [0.2, 0.25) is 0 Å². The third-order valence-corrected chi connectivity index (χ3v) is 14.9. The van der Waals surface area contributed by atoms with Gasteiger partial charge >= 0.3 is 0 Å². The summed E-state index contributed by atoms with van der Waals surface area (Å²) in [5.74, 6) is 6.39. The van der Waals surface area contributed by atoms with Crippen LogP contribution in [0.3, 0.4) is 0 Å². The van der Waals surface area contributed by atoms with Gasteiger partial charge in [-0.15, -0.1) is 0 Å². The van der Waals surface area contributed by atoms with E-state index in [4.69, 9.17) is 0 Å². The first kappa shape index (κ1) is 54.4. The Morgan fingerprint density at radius 3 is 1.57 bits per heavy atom. The smallest absolute Gasteiger partial charge is 0.254 e. The predicted octanol–water partition coefficient (Wildman–Crippen LogP) is 8.10. The number of pyridine rings is 5. The average molecular weight is 979 g/mol. The molecule has 10 aromatic heterocycles. The monoisotopic (exact) mass is 979 g/mol. The molecule has 0 N–H and O–H groups in total. The van der Waals surface area contributed by atoms with Crippen molar-refractivity contribution in [3.63, 3.8) is 0 Å². The van der Waals surface area contributed by atoms with Crippen LogP contribution in [-0.4, -0.2) is 47.8 Å². The van der Waals surface area contributed by atoms with Gasteiger partial charge in [-0.2, -0.15) is 0 Å². The van der Waals surface area contributed by atoms with Crippen molar-refractivity contribution in [2.24, 2.45) is 35.2 Å². The van der Waals surface area contributed by atoms with Gasteiger partial charge < -0.3 is 0 Å². The van der Waals surface area contributed by atoms with Crippen LogP contribution in [-0.2, 0) is 68.0 Å². The molecule has 382 valence electrons. The average Bonchev–Trinajstić information content (AvgIpc) is 4.03. The maximum Gasteiger partial charge on any atom is 0.254 e. The van der Waals surface area contributed by atoms with Crippen LogP contribution >= 0.6 is 0 Å². The fraction of sp³-hybridized carbons (Fsp3) is 0.474. The molecule has 0 unspecified atom stereocenters. The van der Waals surface area contributed by atoms with Crippen molar-refractivity contribution in [1.82, 2.24) is 47.8 Å². The summed E-state index contributed by atoms with van der Waals surface area (Å²) < 4.78 is 22.7. The minimum Gasteiger partial charge on any atom is -0.260 e. The van der Waals surface area contributed by atoms with E-state index < -0.39 is 0 Å². The zero-order chi connectivity index (χ0) is 53.2. The highest BCUT2D eigenvalue weighted by molar-refractivity contribution is 5.78. The lowest BCUT2D eigenvalue weighted by Crippen LogP contribution is -2.35. The lowest BCUT2D eigenvalue weighted by Gasteiger charge is -1.98. The lowest BCUT2D eigenvalue weighted by atomic mass is 10.2. The molecule has 72 heavy (non-hydrogen) atoms. The van der Waals surface area contributed by atoms with Crippen LogP contribution in [0.5, 0.6) is 0 Å². The molecule has 0 amide bonds. The second kappa shape index (κ2) is 22.3. The fourth-order valence-corrected chi connectivity index (χ4v) is 10.7. The Morgan fingerprint density at radius 2 is 0.972 bits per heavy atom. The van der Waals surface area contributed by atoms with Crippen molar-refractivity contribution in [1.29, 1.82) is 0 Å². The second-order valence-electron chi connectivity index (χ2n) is 19.1. The highest BCUT2D eigenvalue weighted by Crippen LogP contribution is 2.21. The molecule has 0 saturated carbocycles. The van der Waals surface area contributed by atoms with Crippen LogP contribution < -0.4 is 22.8 Å². The van der Waals surface area contributed by atoms with Crippen molar-refractivity contribution >= 4 is 55.2 Å². The molecule has 0 radical (unpaired) electrons. The van der Waals surface area contributed by atoms with Gasteiger partial charge in [0, 0.05) is 93.9 Å². The molecule has 15 nitrogen and oxygen atoms in total. The summed E-state index contributed by atoms with van der Waals surface area (Å²) in [5, 5.41) is 0.